The van der Waals surface area contributed by atoms with Gasteiger partial charge >= 0.3 is 0 Å². The van der Waals surface area contributed by atoms with Crippen LogP contribution in [-0.2, 0) is 4.79 Å². The number of hydrogen-bond donors (Lipinski definition) is 1. The number of benzene rings is 1. The Morgan fingerprint density at radius 1 is 1.19 bits per heavy atom. The number of nitrogens with zero attached hydrogens (tertiary/aromatic N) is 4. The van der Waals surface area contributed by atoms with Gasteiger partial charge < -0.3 is 4.90 Å². The van der Waals surface area contributed by atoms with Gasteiger partial charge in [-0.25, -0.2) is 9.97 Å². The van der Waals surface area contributed by atoms with Crippen molar-refractivity contribution in [2.24, 2.45) is 5.92 Å². The van der Waals surface area contributed by atoms with Crippen LogP contribution in [0.2, 0.25) is 0 Å². The van der Waals surface area contributed by atoms with Crippen LogP contribution in [0.15, 0.2) is 36.1 Å². The first-order valence-electron chi connectivity index (χ1n) is 9.23. The van der Waals surface area contributed by atoms with Crippen molar-refractivity contribution >= 4 is 34.1 Å². The van der Waals surface area contributed by atoms with Gasteiger partial charge in [-0.3, -0.25) is 15.1 Å². The molecule has 0 saturated heterocycles. The van der Waals surface area contributed by atoms with Crippen molar-refractivity contribution in [3.05, 3.63) is 36.1 Å². The Morgan fingerprint density at radius 3 is 2.70 bits per heavy atom. The summed E-state index contributed by atoms with van der Waals surface area (Å²) in [5, 5.41) is 3.87. The highest BCUT2D eigenvalue weighted by Gasteiger charge is 2.27. The molecule has 1 aliphatic carbocycles. The molecule has 27 heavy (non-hydrogen) atoms. The summed E-state index contributed by atoms with van der Waals surface area (Å²) in [5.41, 5.74) is 3.71. The Hall–Kier alpha value is -2.38. The Kier molecular flexibility index (Phi) is 5.13. The quantitative estimate of drug-likeness (QED) is 0.744. The average Bonchev–Trinajstić information content (AvgIpc) is 3.22. The average molecular weight is 382 g/mol. The molecule has 0 spiro atoms. The fourth-order valence-corrected chi connectivity index (χ4v) is 4.28. The summed E-state index contributed by atoms with van der Waals surface area (Å²) in [6.07, 6.45) is 7.55. The predicted molar refractivity (Wildman–Crippen MR) is 109 cm³/mol. The van der Waals surface area contributed by atoms with E-state index in [0.29, 0.717) is 12.0 Å². The van der Waals surface area contributed by atoms with Gasteiger partial charge in [0.2, 0.25) is 11.9 Å². The molecule has 1 saturated carbocycles. The second-order valence-corrected chi connectivity index (χ2v) is 8.18. The summed E-state index contributed by atoms with van der Waals surface area (Å²) in [4.78, 5) is 29.0. The SMILES string of the molecule is CN(C)C1CCC(C(=O)Nc2ncc3ccc(-c4cncs4)cc3n2)CC1. The minimum atomic E-state index is 0.0326. The Bertz CT molecular complexity index is 933. The van der Waals surface area contributed by atoms with Gasteiger partial charge in [0.05, 0.1) is 15.9 Å². The van der Waals surface area contributed by atoms with E-state index in [4.69, 9.17) is 0 Å². The number of fused-ring (bicyclic) bond motifs is 1. The van der Waals surface area contributed by atoms with Gasteiger partial charge in [-0.05, 0) is 51.4 Å². The van der Waals surface area contributed by atoms with Gasteiger partial charge in [-0.2, -0.15) is 0 Å². The molecule has 4 rings (SSSR count). The van der Waals surface area contributed by atoms with Crippen molar-refractivity contribution in [3.63, 3.8) is 0 Å². The van der Waals surface area contributed by atoms with Crippen LogP contribution in [0.25, 0.3) is 21.3 Å². The highest BCUT2D eigenvalue weighted by Crippen LogP contribution is 2.28. The lowest BCUT2D eigenvalue weighted by atomic mass is 9.85. The summed E-state index contributed by atoms with van der Waals surface area (Å²) in [6, 6.07) is 6.64. The number of nitrogens with one attached hydrogen (secondary N) is 1. The van der Waals surface area contributed by atoms with E-state index in [2.05, 4.69) is 39.3 Å². The fraction of sp³-hybridized carbons (Fsp3) is 0.400. The van der Waals surface area contributed by atoms with E-state index in [1.807, 2.05) is 29.9 Å². The van der Waals surface area contributed by atoms with Gasteiger partial charge in [0.15, 0.2) is 0 Å². The molecule has 1 aliphatic rings. The summed E-state index contributed by atoms with van der Waals surface area (Å²) < 4.78 is 0. The number of aromatic nitrogens is 3. The van der Waals surface area contributed by atoms with Crippen LogP contribution in [0.4, 0.5) is 5.95 Å². The van der Waals surface area contributed by atoms with E-state index in [0.717, 1.165) is 47.0 Å². The van der Waals surface area contributed by atoms with Crippen LogP contribution < -0.4 is 5.32 Å². The Morgan fingerprint density at radius 2 is 2.00 bits per heavy atom. The predicted octanol–water partition coefficient (Wildman–Crippen LogP) is 3.81. The molecule has 2 aromatic heterocycles. The zero-order valence-electron chi connectivity index (χ0n) is 15.6. The lowest BCUT2D eigenvalue weighted by Gasteiger charge is -2.31. The topological polar surface area (TPSA) is 71.0 Å². The molecular weight excluding hydrogens is 358 g/mol. The van der Waals surface area contributed by atoms with E-state index >= 15 is 0 Å². The molecule has 1 amide bonds. The number of hydrogen-bond acceptors (Lipinski definition) is 6. The summed E-state index contributed by atoms with van der Waals surface area (Å²) >= 11 is 1.59. The number of anilines is 1. The Balaban J connectivity index is 1.48. The molecule has 3 aromatic rings. The summed E-state index contributed by atoms with van der Waals surface area (Å²) in [5.74, 6) is 0.456. The molecule has 0 atom stereocenters. The van der Waals surface area contributed by atoms with Gasteiger partial charge in [0.1, 0.15) is 0 Å². The van der Waals surface area contributed by atoms with Crippen LogP contribution in [0.1, 0.15) is 25.7 Å². The first-order chi connectivity index (χ1) is 13.1. The molecule has 1 fully saturated rings. The van der Waals surface area contributed by atoms with Crippen LogP contribution in [0.3, 0.4) is 0 Å². The van der Waals surface area contributed by atoms with Crippen molar-refractivity contribution in [2.45, 2.75) is 31.7 Å². The largest absolute Gasteiger partial charge is 0.306 e. The second kappa shape index (κ2) is 7.70. The Labute approximate surface area is 162 Å². The molecule has 0 bridgehead atoms. The number of amides is 1. The van der Waals surface area contributed by atoms with Crippen LogP contribution >= 0.6 is 11.3 Å². The van der Waals surface area contributed by atoms with E-state index in [-0.39, 0.29) is 11.8 Å². The van der Waals surface area contributed by atoms with Crippen molar-refractivity contribution in [1.82, 2.24) is 19.9 Å². The molecule has 0 radical (unpaired) electrons. The maximum atomic E-state index is 12.6. The third-order valence-electron chi connectivity index (χ3n) is 5.33. The lowest BCUT2D eigenvalue weighted by Crippen LogP contribution is -2.35. The van der Waals surface area contributed by atoms with Crippen LogP contribution in [0, 0.1) is 5.92 Å². The summed E-state index contributed by atoms with van der Waals surface area (Å²) in [6.45, 7) is 0. The molecule has 6 nitrogen and oxygen atoms in total. The molecule has 2 heterocycles. The highest BCUT2D eigenvalue weighted by atomic mass is 32.1. The molecule has 1 aromatic carbocycles. The first-order valence-corrected chi connectivity index (χ1v) is 10.1. The molecule has 0 unspecified atom stereocenters. The van der Waals surface area contributed by atoms with Crippen LogP contribution in [-0.4, -0.2) is 45.9 Å². The van der Waals surface area contributed by atoms with E-state index < -0.39 is 0 Å². The minimum absolute atomic E-state index is 0.0326. The normalized spacial score (nSPS) is 20.1. The molecule has 0 aliphatic heterocycles. The van der Waals surface area contributed by atoms with Gasteiger partial charge in [-0.1, -0.05) is 12.1 Å². The van der Waals surface area contributed by atoms with Crippen molar-refractivity contribution < 1.29 is 4.79 Å². The fourth-order valence-electron chi connectivity index (χ4n) is 3.66. The van der Waals surface area contributed by atoms with Crippen LogP contribution in [0.5, 0.6) is 0 Å². The third-order valence-corrected chi connectivity index (χ3v) is 6.15. The molecular formula is C20H23N5OS. The van der Waals surface area contributed by atoms with E-state index in [9.17, 15) is 4.79 Å². The second-order valence-electron chi connectivity index (χ2n) is 7.29. The number of thiazole rings is 1. The van der Waals surface area contributed by atoms with Crippen molar-refractivity contribution in [2.75, 3.05) is 19.4 Å². The van der Waals surface area contributed by atoms with Gasteiger partial charge in [0, 0.05) is 29.7 Å². The lowest BCUT2D eigenvalue weighted by molar-refractivity contribution is -0.121. The smallest absolute Gasteiger partial charge is 0.229 e. The van der Waals surface area contributed by atoms with Crippen molar-refractivity contribution in [1.29, 1.82) is 0 Å². The molecule has 140 valence electrons. The van der Waals surface area contributed by atoms with E-state index in [1.54, 1.807) is 17.5 Å². The molecule has 1 N–H and O–H groups in total. The maximum Gasteiger partial charge on any atom is 0.229 e. The third kappa shape index (κ3) is 3.99. The molecule has 7 heteroatoms. The maximum absolute atomic E-state index is 12.6. The number of carbonyl (C=O) groups excluding carboxylic acids is 1. The number of carbonyl (C=O) groups is 1. The zero-order chi connectivity index (χ0) is 18.8. The standard InChI is InChI=1S/C20H23N5OS/c1-25(2)16-7-5-13(6-8-16)19(26)24-20-22-10-15-4-3-14(9-17(15)23-20)18-11-21-12-27-18/h3-4,9-13,16H,5-8H2,1-2H3,(H,22,23,24,26). The monoisotopic (exact) mass is 381 g/mol. The zero-order valence-corrected chi connectivity index (χ0v) is 16.4. The first kappa shape index (κ1) is 18.0. The highest BCUT2D eigenvalue weighted by molar-refractivity contribution is 7.13. The van der Waals surface area contributed by atoms with Gasteiger partial charge in [0.25, 0.3) is 0 Å². The number of rotatable bonds is 4. The van der Waals surface area contributed by atoms with E-state index in [1.165, 1.54) is 0 Å². The van der Waals surface area contributed by atoms with Crippen molar-refractivity contribution in [3.8, 4) is 10.4 Å². The van der Waals surface area contributed by atoms with Gasteiger partial charge in [-0.15, -0.1) is 11.3 Å². The minimum Gasteiger partial charge on any atom is -0.306 e. The summed E-state index contributed by atoms with van der Waals surface area (Å²) in [7, 11) is 4.21.